The van der Waals surface area contributed by atoms with Crippen LogP contribution in [0.1, 0.15) is 29.0 Å². The Morgan fingerprint density at radius 2 is 2.38 bits per heavy atom. The maximum absolute atomic E-state index is 9.41. The van der Waals surface area contributed by atoms with Gasteiger partial charge in [-0.15, -0.1) is 6.42 Å². The zero-order valence-corrected chi connectivity index (χ0v) is 8.96. The van der Waals surface area contributed by atoms with Gasteiger partial charge in [0.1, 0.15) is 0 Å². The van der Waals surface area contributed by atoms with Crippen LogP contribution in [0.2, 0.25) is 0 Å². The summed E-state index contributed by atoms with van der Waals surface area (Å²) in [5.74, 6) is 3.12. The van der Waals surface area contributed by atoms with Crippen molar-refractivity contribution in [2.45, 2.75) is 17.8 Å². The van der Waals surface area contributed by atoms with E-state index in [1.165, 1.54) is 11.1 Å². The van der Waals surface area contributed by atoms with E-state index in [0.717, 1.165) is 25.1 Å². The lowest BCUT2D eigenvalue weighted by atomic mass is 9.81. The van der Waals surface area contributed by atoms with Crippen LogP contribution in [-0.4, -0.2) is 13.1 Å². The Morgan fingerprint density at radius 3 is 3.12 bits per heavy atom. The van der Waals surface area contributed by atoms with Gasteiger partial charge in [0, 0.05) is 18.7 Å². The standard InChI is InChI=1S/C14H12N2/c1-2-10-3-4-13-12(5-10)11-6-14(13,8-15)9-16-7-11/h1,3-5,11,16H,6-7,9H2. The van der Waals surface area contributed by atoms with Gasteiger partial charge in [-0.2, -0.15) is 5.26 Å². The van der Waals surface area contributed by atoms with E-state index in [0.29, 0.717) is 5.92 Å². The molecule has 1 fully saturated rings. The quantitative estimate of drug-likeness (QED) is 0.656. The average molecular weight is 208 g/mol. The number of fused-ring (bicyclic) bond motifs is 5. The summed E-state index contributed by atoms with van der Waals surface area (Å²) in [7, 11) is 0. The molecule has 1 aromatic carbocycles. The molecule has 0 saturated carbocycles. The van der Waals surface area contributed by atoms with E-state index >= 15 is 0 Å². The summed E-state index contributed by atoms with van der Waals surface area (Å²) in [5, 5.41) is 12.8. The highest BCUT2D eigenvalue weighted by atomic mass is 14.9. The van der Waals surface area contributed by atoms with Crippen LogP contribution in [0, 0.1) is 23.7 Å². The highest BCUT2D eigenvalue weighted by Crippen LogP contribution is 2.47. The van der Waals surface area contributed by atoms with E-state index in [4.69, 9.17) is 6.42 Å². The van der Waals surface area contributed by atoms with Crippen LogP contribution in [0.4, 0.5) is 0 Å². The minimum atomic E-state index is -0.314. The molecule has 1 N–H and O–H groups in total. The van der Waals surface area contributed by atoms with Crippen molar-refractivity contribution in [3.63, 3.8) is 0 Å². The molecule has 2 bridgehead atoms. The first-order chi connectivity index (χ1) is 7.79. The fourth-order valence-electron chi connectivity index (χ4n) is 3.02. The van der Waals surface area contributed by atoms with Crippen molar-refractivity contribution in [2.75, 3.05) is 13.1 Å². The molecule has 1 aliphatic heterocycles. The Kier molecular flexibility index (Phi) is 1.84. The average Bonchev–Trinajstić information content (AvgIpc) is 2.58. The summed E-state index contributed by atoms with van der Waals surface area (Å²) in [6, 6.07) is 8.55. The van der Waals surface area contributed by atoms with E-state index in [-0.39, 0.29) is 5.41 Å². The minimum Gasteiger partial charge on any atom is -0.314 e. The third kappa shape index (κ3) is 1.06. The Balaban J connectivity index is 2.22. The number of hydrogen-bond donors (Lipinski definition) is 1. The summed E-state index contributed by atoms with van der Waals surface area (Å²) in [5.41, 5.74) is 3.07. The van der Waals surface area contributed by atoms with Gasteiger partial charge in [-0.3, -0.25) is 0 Å². The number of piperidine rings is 1. The second kappa shape index (κ2) is 3.11. The van der Waals surface area contributed by atoms with Crippen molar-refractivity contribution < 1.29 is 0 Å². The van der Waals surface area contributed by atoms with Crippen molar-refractivity contribution in [1.82, 2.24) is 5.32 Å². The number of hydrogen-bond acceptors (Lipinski definition) is 2. The van der Waals surface area contributed by atoms with E-state index in [9.17, 15) is 5.26 Å². The molecular weight excluding hydrogens is 196 g/mol. The van der Waals surface area contributed by atoms with Crippen LogP contribution >= 0.6 is 0 Å². The molecule has 2 heteroatoms. The lowest BCUT2D eigenvalue weighted by Crippen LogP contribution is -2.40. The molecule has 2 atom stereocenters. The molecule has 2 unspecified atom stereocenters. The van der Waals surface area contributed by atoms with Gasteiger partial charge >= 0.3 is 0 Å². The number of terminal acetylenes is 1. The highest BCUT2D eigenvalue weighted by molar-refractivity contribution is 5.52. The van der Waals surface area contributed by atoms with Crippen LogP contribution in [0.3, 0.4) is 0 Å². The first kappa shape index (κ1) is 9.46. The van der Waals surface area contributed by atoms with E-state index < -0.39 is 0 Å². The molecule has 3 rings (SSSR count). The third-order valence-electron chi connectivity index (χ3n) is 3.80. The molecule has 1 aliphatic carbocycles. The van der Waals surface area contributed by atoms with Gasteiger partial charge in [0.05, 0.1) is 11.5 Å². The van der Waals surface area contributed by atoms with Crippen LogP contribution in [0.15, 0.2) is 18.2 Å². The molecular formula is C14H12N2. The summed E-state index contributed by atoms with van der Waals surface area (Å²) in [4.78, 5) is 0. The predicted molar refractivity (Wildman–Crippen MR) is 61.9 cm³/mol. The Hall–Kier alpha value is -1.77. The molecule has 1 heterocycles. The molecule has 0 radical (unpaired) electrons. The van der Waals surface area contributed by atoms with E-state index in [2.05, 4.69) is 23.4 Å². The first-order valence-electron chi connectivity index (χ1n) is 5.52. The second-order valence-electron chi connectivity index (χ2n) is 4.67. The SMILES string of the molecule is C#Cc1ccc2c(c1)C1CNCC2(C#N)C1. The van der Waals surface area contributed by atoms with Gasteiger partial charge in [0.15, 0.2) is 0 Å². The van der Waals surface area contributed by atoms with Crippen molar-refractivity contribution in [3.05, 3.63) is 34.9 Å². The largest absolute Gasteiger partial charge is 0.314 e. The lowest BCUT2D eigenvalue weighted by molar-refractivity contribution is 0.388. The topological polar surface area (TPSA) is 35.8 Å². The Bertz CT molecular complexity index is 533. The first-order valence-corrected chi connectivity index (χ1v) is 5.52. The maximum atomic E-state index is 9.41. The Morgan fingerprint density at radius 1 is 1.50 bits per heavy atom. The van der Waals surface area contributed by atoms with Gasteiger partial charge in [-0.05, 0) is 35.6 Å². The molecule has 1 saturated heterocycles. The van der Waals surface area contributed by atoms with Gasteiger partial charge in [0.2, 0.25) is 0 Å². The van der Waals surface area contributed by atoms with Crippen molar-refractivity contribution in [3.8, 4) is 18.4 Å². The van der Waals surface area contributed by atoms with Crippen LogP contribution in [0.25, 0.3) is 0 Å². The summed E-state index contributed by atoms with van der Waals surface area (Å²) in [6.45, 7) is 1.73. The number of nitrogens with one attached hydrogen (secondary N) is 1. The molecule has 2 nitrogen and oxygen atoms in total. The highest BCUT2D eigenvalue weighted by Gasteiger charge is 2.46. The normalized spacial score (nSPS) is 30.2. The molecule has 0 amide bonds. The van der Waals surface area contributed by atoms with E-state index in [1.54, 1.807) is 0 Å². The summed E-state index contributed by atoms with van der Waals surface area (Å²) in [6.07, 6.45) is 6.36. The molecule has 2 aliphatic rings. The smallest absolute Gasteiger partial charge is 0.0955 e. The van der Waals surface area contributed by atoms with Crippen LogP contribution in [0.5, 0.6) is 0 Å². The van der Waals surface area contributed by atoms with Gasteiger partial charge in [-0.1, -0.05) is 12.0 Å². The van der Waals surface area contributed by atoms with Crippen LogP contribution in [-0.2, 0) is 5.41 Å². The fourth-order valence-corrected chi connectivity index (χ4v) is 3.02. The number of rotatable bonds is 0. The zero-order chi connectivity index (χ0) is 11.2. The number of benzene rings is 1. The van der Waals surface area contributed by atoms with Crippen molar-refractivity contribution in [1.29, 1.82) is 5.26 Å². The number of nitrogens with zero attached hydrogens (tertiary/aromatic N) is 1. The monoisotopic (exact) mass is 208 g/mol. The molecule has 1 aromatic rings. The molecule has 0 spiro atoms. The second-order valence-corrected chi connectivity index (χ2v) is 4.67. The fraction of sp³-hybridized carbons (Fsp3) is 0.357. The lowest BCUT2D eigenvalue weighted by Gasteiger charge is -2.27. The molecule has 16 heavy (non-hydrogen) atoms. The zero-order valence-electron chi connectivity index (χ0n) is 8.96. The van der Waals surface area contributed by atoms with Crippen LogP contribution < -0.4 is 5.32 Å². The van der Waals surface area contributed by atoms with E-state index in [1.807, 2.05) is 12.1 Å². The molecule has 78 valence electrons. The van der Waals surface area contributed by atoms with Crippen molar-refractivity contribution >= 4 is 0 Å². The predicted octanol–water partition coefficient (Wildman–Crippen LogP) is 1.52. The minimum absolute atomic E-state index is 0.314. The molecule has 0 aromatic heterocycles. The van der Waals surface area contributed by atoms with Gasteiger partial charge in [-0.25, -0.2) is 0 Å². The maximum Gasteiger partial charge on any atom is 0.0955 e. The summed E-state index contributed by atoms with van der Waals surface area (Å²) < 4.78 is 0. The third-order valence-corrected chi connectivity index (χ3v) is 3.80. The summed E-state index contributed by atoms with van der Waals surface area (Å²) >= 11 is 0. The number of nitriles is 1. The van der Waals surface area contributed by atoms with Gasteiger partial charge in [0.25, 0.3) is 0 Å². The van der Waals surface area contributed by atoms with Gasteiger partial charge < -0.3 is 5.32 Å². The van der Waals surface area contributed by atoms with Crippen molar-refractivity contribution in [2.24, 2.45) is 0 Å². The Labute approximate surface area is 95.3 Å².